The summed E-state index contributed by atoms with van der Waals surface area (Å²) >= 11 is 0. The molecule has 0 aliphatic heterocycles. The van der Waals surface area contributed by atoms with Gasteiger partial charge in [0.2, 0.25) is 0 Å². The summed E-state index contributed by atoms with van der Waals surface area (Å²) in [5.41, 5.74) is 3.26. The van der Waals surface area contributed by atoms with Crippen molar-refractivity contribution in [2.45, 2.75) is 41.5 Å². The van der Waals surface area contributed by atoms with Crippen molar-refractivity contribution in [3.8, 4) is 0 Å². The number of aliphatic hydroxyl groups excluding tert-OH is 2. The Balaban J connectivity index is 4.48. The number of nitrogens with zero attached hydrogens (tertiary/aromatic N) is 2. The molecule has 4 heteroatoms. The van der Waals surface area contributed by atoms with Gasteiger partial charge in [-0.05, 0) is 41.5 Å². The van der Waals surface area contributed by atoms with Crippen molar-refractivity contribution in [1.82, 2.24) is 0 Å². The lowest BCUT2D eigenvalue weighted by Gasteiger charge is -2.03. The fourth-order valence-electron chi connectivity index (χ4n) is 1.20. The van der Waals surface area contributed by atoms with E-state index in [0.29, 0.717) is 24.6 Å². The van der Waals surface area contributed by atoms with E-state index in [1.165, 1.54) is 0 Å². The predicted octanol–water partition coefficient (Wildman–Crippen LogP) is 3.61. The Labute approximate surface area is 109 Å². The van der Waals surface area contributed by atoms with Crippen LogP contribution in [-0.4, -0.2) is 34.7 Å². The first-order chi connectivity index (χ1) is 8.27. The van der Waals surface area contributed by atoms with Gasteiger partial charge in [-0.15, -0.1) is 0 Å². The molecule has 0 atom stereocenters. The van der Waals surface area contributed by atoms with Gasteiger partial charge in [-0.3, -0.25) is 9.98 Å². The van der Waals surface area contributed by atoms with Crippen molar-refractivity contribution >= 4 is 11.4 Å². The second kappa shape index (κ2) is 7.69. The first kappa shape index (κ1) is 16.4. The summed E-state index contributed by atoms with van der Waals surface area (Å²) < 4.78 is 0. The lowest BCUT2D eigenvalue weighted by Crippen LogP contribution is -2.02. The quantitative estimate of drug-likeness (QED) is 0.446. The fraction of sp³-hybridized carbons (Fsp3) is 0.571. The van der Waals surface area contributed by atoms with Crippen molar-refractivity contribution in [2.75, 3.05) is 13.1 Å². The van der Waals surface area contributed by atoms with Crippen LogP contribution in [0.1, 0.15) is 41.5 Å². The number of aliphatic hydroxyl groups is 2. The van der Waals surface area contributed by atoms with Gasteiger partial charge in [-0.25, -0.2) is 0 Å². The van der Waals surface area contributed by atoms with Crippen molar-refractivity contribution in [3.63, 3.8) is 0 Å². The Morgan fingerprint density at radius 3 is 1.17 bits per heavy atom. The molecule has 0 unspecified atom stereocenters. The highest BCUT2D eigenvalue weighted by Crippen LogP contribution is 2.04. The highest BCUT2D eigenvalue weighted by atomic mass is 16.3. The number of hydrogen-bond donors (Lipinski definition) is 2. The molecule has 0 spiro atoms. The van der Waals surface area contributed by atoms with Crippen LogP contribution >= 0.6 is 0 Å². The van der Waals surface area contributed by atoms with E-state index in [2.05, 4.69) is 9.98 Å². The molecule has 0 amide bonds. The molecular formula is C14H24N2O2. The Morgan fingerprint density at radius 2 is 0.944 bits per heavy atom. The molecule has 0 aliphatic carbocycles. The average molecular weight is 252 g/mol. The molecule has 2 N–H and O–H groups in total. The second-order valence-electron chi connectivity index (χ2n) is 4.36. The molecule has 102 valence electrons. The Bertz CT molecular complexity index is 368. The van der Waals surface area contributed by atoms with Crippen LogP contribution in [0.4, 0.5) is 0 Å². The van der Waals surface area contributed by atoms with Crippen molar-refractivity contribution in [3.05, 3.63) is 22.7 Å². The number of aliphatic imine (C=N–C) groups is 2. The van der Waals surface area contributed by atoms with E-state index in [0.717, 1.165) is 22.6 Å². The summed E-state index contributed by atoms with van der Waals surface area (Å²) in [7, 11) is 0. The van der Waals surface area contributed by atoms with Crippen LogP contribution in [0.2, 0.25) is 0 Å². The van der Waals surface area contributed by atoms with Gasteiger partial charge in [0.25, 0.3) is 0 Å². The van der Waals surface area contributed by atoms with Gasteiger partial charge in [-0.2, -0.15) is 0 Å². The number of rotatable bonds is 5. The minimum absolute atomic E-state index is 0.297. The maximum Gasteiger partial charge on any atom is 0.0938 e. The molecule has 0 saturated carbocycles. The summed E-state index contributed by atoms with van der Waals surface area (Å²) in [5, 5.41) is 18.6. The zero-order chi connectivity index (χ0) is 14.3. The van der Waals surface area contributed by atoms with Gasteiger partial charge in [0.05, 0.1) is 24.6 Å². The molecule has 0 radical (unpaired) electrons. The molecule has 18 heavy (non-hydrogen) atoms. The average Bonchev–Trinajstić information content (AvgIpc) is 2.31. The largest absolute Gasteiger partial charge is 0.512 e. The van der Waals surface area contributed by atoms with Gasteiger partial charge in [0, 0.05) is 22.6 Å². The van der Waals surface area contributed by atoms with E-state index in [1.54, 1.807) is 13.8 Å². The maximum atomic E-state index is 9.31. The summed E-state index contributed by atoms with van der Waals surface area (Å²) in [6.07, 6.45) is 0. The van der Waals surface area contributed by atoms with Crippen molar-refractivity contribution in [1.29, 1.82) is 0 Å². The van der Waals surface area contributed by atoms with Crippen LogP contribution in [0, 0.1) is 0 Å². The third-order valence-electron chi connectivity index (χ3n) is 2.97. The van der Waals surface area contributed by atoms with E-state index < -0.39 is 0 Å². The van der Waals surface area contributed by atoms with Crippen LogP contribution in [0.3, 0.4) is 0 Å². The topological polar surface area (TPSA) is 65.2 Å². The third-order valence-corrected chi connectivity index (χ3v) is 2.97. The van der Waals surface area contributed by atoms with Crippen molar-refractivity contribution in [2.24, 2.45) is 9.98 Å². The first-order valence-electron chi connectivity index (χ1n) is 6.03. The molecule has 0 aromatic rings. The molecule has 0 aromatic heterocycles. The molecule has 0 aromatic carbocycles. The SMILES string of the molecule is C/C(O)=C(C)/C(C)=N/CC/N=C(C)/C(C)=C(/C)O. The minimum atomic E-state index is 0.297. The lowest BCUT2D eigenvalue weighted by molar-refractivity contribution is 0.409. The molecular weight excluding hydrogens is 228 g/mol. The number of allylic oxidation sites excluding steroid dienone is 4. The molecule has 0 aliphatic rings. The molecule has 0 fully saturated rings. The normalized spacial score (nSPS) is 16.3. The van der Waals surface area contributed by atoms with Gasteiger partial charge < -0.3 is 10.2 Å². The zero-order valence-corrected chi connectivity index (χ0v) is 12.2. The van der Waals surface area contributed by atoms with Gasteiger partial charge in [0.1, 0.15) is 0 Å². The summed E-state index contributed by atoms with van der Waals surface area (Å²) in [6.45, 7) is 11.9. The third kappa shape index (κ3) is 5.66. The Kier molecular flexibility index (Phi) is 7.01. The van der Waals surface area contributed by atoms with Gasteiger partial charge in [-0.1, -0.05) is 0 Å². The molecule has 0 heterocycles. The van der Waals surface area contributed by atoms with E-state index in [-0.39, 0.29) is 0 Å². The first-order valence-corrected chi connectivity index (χ1v) is 6.03. The highest BCUT2D eigenvalue weighted by molar-refractivity contribution is 5.98. The van der Waals surface area contributed by atoms with Crippen LogP contribution < -0.4 is 0 Å². The van der Waals surface area contributed by atoms with E-state index in [9.17, 15) is 10.2 Å². The second-order valence-corrected chi connectivity index (χ2v) is 4.36. The van der Waals surface area contributed by atoms with Crippen molar-refractivity contribution < 1.29 is 10.2 Å². The summed E-state index contributed by atoms with van der Waals surface area (Å²) in [5.74, 6) is 0.594. The Morgan fingerprint density at radius 1 is 0.667 bits per heavy atom. The molecule has 0 saturated heterocycles. The summed E-state index contributed by atoms with van der Waals surface area (Å²) in [4.78, 5) is 8.67. The standard InChI is InChI=1S/C14H24N2O2/c1-9(13(5)17)11(3)15-7-8-16-12(4)10(2)14(6)18/h17-18H,7-8H2,1-6H3/b13-9-,14-10-,15-11+,16-12+. The van der Waals surface area contributed by atoms with E-state index >= 15 is 0 Å². The van der Waals surface area contributed by atoms with E-state index in [1.807, 2.05) is 27.7 Å². The van der Waals surface area contributed by atoms with Gasteiger partial charge >= 0.3 is 0 Å². The summed E-state index contributed by atoms with van der Waals surface area (Å²) in [6, 6.07) is 0. The number of hydrogen-bond acceptors (Lipinski definition) is 4. The highest BCUT2D eigenvalue weighted by Gasteiger charge is 2.00. The molecule has 0 bridgehead atoms. The van der Waals surface area contributed by atoms with Crippen LogP contribution in [0.25, 0.3) is 0 Å². The van der Waals surface area contributed by atoms with Crippen LogP contribution in [0.5, 0.6) is 0 Å². The molecule has 4 nitrogen and oxygen atoms in total. The zero-order valence-electron chi connectivity index (χ0n) is 12.2. The Hall–Kier alpha value is -1.58. The lowest BCUT2D eigenvalue weighted by atomic mass is 10.2. The van der Waals surface area contributed by atoms with E-state index in [4.69, 9.17) is 0 Å². The monoisotopic (exact) mass is 252 g/mol. The molecule has 0 rings (SSSR count). The minimum Gasteiger partial charge on any atom is -0.512 e. The van der Waals surface area contributed by atoms with Crippen LogP contribution in [0.15, 0.2) is 32.6 Å². The van der Waals surface area contributed by atoms with Crippen LogP contribution in [-0.2, 0) is 0 Å². The fourth-order valence-corrected chi connectivity index (χ4v) is 1.20. The smallest absolute Gasteiger partial charge is 0.0938 e. The maximum absolute atomic E-state index is 9.31. The van der Waals surface area contributed by atoms with Gasteiger partial charge in [0.15, 0.2) is 0 Å². The predicted molar refractivity (Wildman–Crippen MR) is 78.0 cm³/mol.